The van der Waals surface area contributed by atoms with Gasteiger partial charge in [0.2, 0.25) is 0 Å². The fourth-order valence-corrected chi connectivity index (χ4v) is 2.35. The Morgan fingerprint density at radius 3 is 2.86 bits per heavy atom. The Kier molecular flexibility index (Phi) is 5.09. The molecule has 1 saturated carbocycles. The Balaban J connectivity index is 1.70. The van der Waals surface area contributed by atoms with Crippen LogP contribution < -0.4 is 16.4 Å². The van der Waals surface area contributed by atoms with Gasteiger partial charge in [-0.25, -0.2) is 14.3 Å². The van der Waals surface area contributed by atoms with Crippen LogP contribution in [0, 0.1) is 0 Å². The van der Waals surface area contributed by atoms with E-state index in [1.54, 1.807) is 0 Å². The van der Waals surface area contributed by atoms with E-state index >= 15 is 0 Å². The van der Waals surface area contributed by atoms with Gasteiger partial charge in [-0.2, -0.15) is 0 Å². The molecule has 2 unspecified atom stereocenters. The number of urea groups is 1. The minimum absolute atomic E-state index is 0.0120. The lowest BCUT2D eigenvalue weighted by molar-refractivity contribution is 0.0690. The summed E-state index contributed by atoms with van der Waals surface area (Å²) in [6, 6.07) is -0.238. The van der Waals surface area contributed by atoms with Crippen LogP contribution in [0.4, 0.5) is 4.79 Å². The maximum atomic E-state index is 11.7. The van der Waals surface area contributed by atoms with Crippen LogP contribution in [0.1, 0.15) is 36.2 Å². The molecule has 0 aromatic carbocycles. The molecule has 2 amide bonds. The highest BCUT2D eigenvalue weighted by Gasteiger charge is 2.22. The summed E-state index contributed by atoms with van der Waals surface area (Å²) in [5, 5.41) is 21.4. The van der Waals surface area contributed by atoms with E-state index in [0.717, 1.165) is 25.7 Å². The number of rotatable bonds is 5. The van der Waals surface area contributed by atoms with Crippen molar-refractivity contribution in [2.24, 2.45) is 5.73 Å². The Hall–Kier alpha value is -2.16. The molecular weight excluding hydrogens is 276 g/mol. The van der Waals surface area contributed by atoms with Crippen LogP contribution in [-0.4, -0.2) is 50.7 Å². The number of carbonyl (C=O) groups excluding carboxylic acids is 1. The summed E-state index contributed by atoms with van der Waals surface area (Å²) < 4.78 is 1.37. The van der Waals surface area contributed by atoms with Crippen LogP contribution in [0.5, 0.6) is 0 Å². The smallest absolute Gasteiger partial charge is 0.358 e. The van der Waals surface area contributed by atoms with Crippen LogP contribution in [0.2, 0.25) is 0 Å². The highest BCUT2D eigenvalue weighted by molar-refractivity contribution is 5.84. The van der Waals surface area contributed by atoms with Gasteiger partial charge in [0.1, 0.15) is 0 Å². The predicted molar refractivity (Wildman–Crippen MR) is 73.7 cm³/mol. The maximum Gasteiger partial charge on any atom is 0.358 e. The molecule has 1 aliphatic rings. The first-order valence-corrected chi connectivity index (χ1v) is 6.99. The van der Waals surface area contributed by atoms with E-state index in [0.29, 0.717) is 13.1 Å². The zero-order valence-electron chi connectivity index (χ0n) is 11.7. The van der Waals surface area contributed by atoms with Crippen molar-refractivity contribution in [3.05, 3.63) is 11.9 Å². The molecule has 9 heteroatoms. The highest BCUT2D eigenvalue weighted by Crippen LogP contribution is 2.16. The van der Waals surface area contributed by atoms with Crippen LogP contribution >= 0.6 is 0 Å². The molecule has 0 bridgehead atoms. The molecule has 116 valence electrons. The van der Waals surface area contributed by atoms with Crippen LogP contribution in [0.25, 0.3) is 0 Å². The van der Waals surface area contributed by atoms with Crippen molar-refractivity contribution in [3.8, 4) is 0 Å². The standard InChI is InChI=1S/C12H20N6O3/c13-8-3-1-2-4-9(8)15-12(21)14-5-6-18-7-10(11(19)20)16-17-18/h7-9H,1-6,13H2,(H,19,20)(H2,14,15,21). The number of aromatic carboxylic acids is 1. The van der Waals surface area contributed by atoms with Crippen molar-refractivity contribution in [2.45, 2.75) is 44.3 Å². The minimum atomic E-state index is -1.13. The van der Waals surface area contributed by atoms with Gasteiger partial charge in [0, 0.05) is 18.6 Å². The normalized spacial score (nSPS) is 21.8. The third-order valence-electron chi connectivity index (χ3n) is 3.52. The number of carboxylic acids is 1. The Labute approximate surface area is 121 Å². The number of nitrogens with two attached hydrogens (primary N) is 1. The Morgan fingerprint density at radius 2 is 2.19 bits per heavy atom. The Morgan fingerprint density at radius 1 is 1.43 bits per heavy atom. The van der Waals surface area contributed by atoms with E-state index in [4.69, 9.17) is 10.8 Å². The molecule has 1 aromatic rings. The molecule has 1 aromatic heterocycles. The zero-order chi connectivity index (χ0) is 15.2. The fourth-order valence-electron chi connectivity index (χ4n) is 2.35. The number of carbonyl (C=O) groups is 2. The number of hydrogen-bond acceptors (Lipinski definition) is 5. The van der Waals surface area contributed by atoms with Gasteiger partial charge in [0.05, 0.1) is 12.7 Å². The molecule has 9 nitrogen and oxygen atoms in total. The quantitative estimate of drug-likeness (QED) is 0.581. The molecule has 2 atom stereocenters. The van der Waals surface area contributed by atoms with Crippen molar-refractivity contribution in [1.29, 1.82) is 0 Å². The molecule has 1 aliphatic carbocycles. The lowest BCUT2D eigenvalue weighted by atomic mass is 9.91. The summed E-state index contributed by atoms with van der Waals surface area (Å²) in [5.41, 5.74) is 5.84. The molecule has 1 heterocycles. The summed E-state index contributed by atoms with van der Waals surface area (Å²) in [6.45, 7) is 0.681. The van der Waals surface area contributed by atoms with Gasteiger partial charge in [-0.3, -0.25) is 0 Å². The fraction of sp³-hybridized carbons (Fsp3) is 0.667. The zero-order valence-corrected chi connectivity index (χ0v) is 11.7. The summed E-state index contributed by atoms with van der Waals surface area (Å²) in [5.74, 6) is -1.13. The van der Waals surface area contributed by atoms with Crippen molar-refractivity contribution in [2.75, 3.05) is 6.54 Å². The van der Waals surface area contributed by atoms with Gasteiger partial charge in [-0.15, -0.1) is 5.10 Å². The number of hydrogen-bond donors (Lipinski definition) is 4. The second kappa shape index (κ2) is 7.02. The first-order valence-electron chi connectivity index (χ1n) is 6.99. The molecule has 1 fully saturated rings. The van der Waals surface area contributed by atoms with Crippen molar-refractivity contribution in [1.82, 2.24) is 25.6 Å². The second-order valence-corrected chi connectivity index (χ2v) is 5.13. The summed E-state index contributed by atoms with van der Waals surface area (Å²) >= 11 is 0. The Bertz CT molecular complexity index is 503. The second-order valence-electron chi connectivity index (χ2n) is 5.13. The third kappa shape index (κ3) is 4.42. The molecule has 2 rings (SSSR count). The summed E-state index contributed by atoms with van der Waals surface area (Å²) in [7, 11) is 0. The van der Waals surface area contributed by atoms with Crippen LogP contribution in [0.3, 0.4) is 0 Å². The number of aromatic nitrogens is 3. The molecule has 0 spiro atoms. The summed E-state index contributed by atoms with van der Waals surface area (Å²) in [6.07, 6.45) is 5.34. The van der Waals surface area contributed by atoms with Crippen molar-refractivity contribution in [3.63, 3.8) is 0 Å². The lowest BCUT2D eigenvalue weighted by Gasteiger charge is -2.29. The highest BCUT2D eigenvalue weighted by atomic mass is 16.4. The van der Waals surface area contributed by atoms with Gasteiger partial charge in [-0.05, 0) is 12.8 Å². The first kappa shape index (κ1) is 15.2. The lowest BCUT2D eigenvalue weighted by Crippen LogP contribution is -2.52. The van der Waals surface area contributed by atoms with Crippen LogP contribution in [-0.2, 0) is 6.54 Å². The molecule has 0 saturated heterocycles. The monoisotopic (exact) mass is 296 g/mol. The van der Waals surface area contributed by atoms with E-state index in [1.807, 2.05) is 0 Å². The van der Waals surface area contributed by atoms with Gasteiger partial charge in [0.15, 0.2) is 5.69 Å². The third-order valence-corrected chi connectivity index (χ3v) is 3.52. The largest absolute Gasteiger partial charge is 0.476 e. The first-order chi connectivity index (χ1) is 10.1. The van der Waals surface area contributed by atoms with Gasteiger partial charge in [-0.1, -0.05) is 18.1 Å². The number of carboxylic acid groups (broad SMARTS) is 1. The maximum absolute atomic E-state index is 11.7. The number of nitrogens with zero attached hydrogens (tertiary/aromatic N) is 3. The number of amides is 2. The van der Waals surface area contributed by atoms with Crippen LogP contribution in [0.15, 0.2) is 6.20 Å². The van der Waals surface area contributed by atoms with E-state index in [1.165, 1.54) is 10.9 Å². The SMILES string of the molecule is NC1CCCCC1NC(=O)NCCn1cc(C(=O)O)nn1. The van der Waals surface area contributed by atoms with Gasteiger partial charge >= 0.3 is 12.0 Å². The van der Waals surface area contributed by atoms with Gasteiger partial charge < -0.3 is 21.5 Å². The molecule has 0 radical (unpaired) electrons. The average molecular weight is 296 g/mol. The molecule has 0 aliphatic heterocycles. The van der Waals surface area contributed by atoms with Gasteiger partial charge in [0.25, 0.3) is 0 Å². The number of nitrogens with one attached hydrogen (secondary N) is 2. The average Bonchev–Trinajstić information content (AvgIpc) is 2.90. The van der Waals surface area contributed by atoms with E-state index in [2.05, 4.69) is 20.9 Å². The molecular formula is C12H20N6O3. The minimum Gasteiger partial charge on any atom is -0.476 e. The predicted octanol–water partition coefficient (Wildman–Crippen LogP) is -0.455. The van der Waals surface area contributed by atoms with E-state index in [9.17, 15) is 9.59 Å². The molecule has 21 heavy (non-hydrogen) atoms. The summed E-state index contributed by atoms with van der Waals surface area (Å²) in [4.78, 5) is 22.4. The molecule has 5 N–H and O–H groups in total. The van der Waals surface area contributed by atoms with Crippen molar-refractivity contribution < 1.29 is 14.7 Å². The van der Waals surface area contributed by atoms with Crippen molar-refractivity contribution >= 4 is 12.0 Å². The van der Waals surface area contributed by atoms with E-state index < -0.39 is 5.97 Å². The topological polar surface area (TPSA) is 135 Å². The van der Waals surface area contributed by atoms with E-state index in [-0.39, 0.29) is 23.8 Å².